The van der Waals surface area contributed by atoms with Crippen LogP contribution >= 0.6 is 22.6 Å². The van der Waals surface area contributed by atoms with E-state index in [9.17, 15) is 9.59 Å². The summed E-state index contributed by atoms with van der Waals surface area (Å²) in [4.78, 5) is 25.8. The number of carbonyl (C=O) groups is 2. The Bertz CT molecular complexity index is 708. The van der Waals surface area contributed by atoms with Gasteiger partial charge in [0.1, 0.15) is 0 Å². The van der Waals surface area contributed by atoms with Crippen LogP contribution in [-0.4, -0.2) is 33.0 Å². The summed E-state index contributed by atoms with van der Waals surface area (Å²) < 4.78 is 2.66. The van der Waals surface area contributed by atoms with Crippen molar-refractivity contribution in [3.63, 3.8) is 0 Å². The number of nitrogens with zero attached hydrogens (tertiary/aromatic N) is 3. The van der Waals surface area contributed by atoms with Gasteiger partial charge in [0.05, 0.1) is 17.3 Å². The lowest BCUT2D eigenvalue weighted by Crippen LogP contribution is -2.31. The molecule has 0 radical (unpaired) electrons. The van der Waals surface area contributed by atoms with Gasteiger partial charge in [-0.3, -0.25) is 19.2 Å². The van der Waals surface area contributed by atoms with Crippen LogP contribution in [0.4, 0.5) is 0 Å². The second-order valence-electron chi connectivity index (χ2n) is 4.72. The molecule has 3 rings (SSSR count). The van der Waals surface area contributed by atoms with Gasteiger partial charge >= 0.3 is 0 Å². The van der Waals surface area contributed by atoms with Gasteiger partial charge in [0, 0.05) is 23.4 Å². The lowest BCUT2D eigenvalue weighted by Gasteiger charge is -2.12. The first-order valence-electron chi connectivity index (χ1n) is 6.19. The van der Waals surface area contributed by atoms with Gasteiger partial charge in [0.15, 0.2) is 0 Å². The van der Waals surface area contributed by atoms with Crippen molar-refractivity contribution in [1.29, 1.82) is 0 Å². The number of amides is 2. The standard InChI is InChI=1S/C14H12IN3O2/c1-17-8-9(7-16-17)4-5-18-13(19)11-3-2-10(15)6-12(11)14(18)20/h2-3,6-8H,4-5H2,1H3. The van der Waals surface area contributed by atoms with E-state index in [0.29, 0.717) is 24.1 Å². The van der Waals surface area contributed by atoms with Crippen molar-refractivity contribution < 1.29 is 9.59 Å². The highest BCUT2D eigenvalue weighted by molar-refractivity contribution is 14.1. The topological polar surface area (TPSA) is 55.2 Å². The molecule has 20 heavy (non-hydrogen) atoms. The number of aryl methyl sites for hydroxylation is 1. The summed E-state index contributed by atoms with van der Waals surface area (Å²) in [6, 6.07) is 5.33. The van der Waals surface area contributed by atoms with Crippen LogP contribution in [0.1, 0.15) is 26.3 Å². The summed E-state index contributed by atoms with van der Waals surface area (Å²) in [5, 5.41) is 4.08. The normalized spacial score (nSPS) is 14.0. The Morgan fingerprint density at radius 1 is 1.20 bits per heavy atom. The van der Waals surface area contributed by atoms with Crippen LogP contribution in [0.5, 0.6) is 0 Å². The van der Waals surface area contributed by atoms with Gasteiger partial charge in [0.2, 0.25) is 0 Å². The average Bonchev–Trinajstić information content (AvgIpc) is 2.92. The van der Waals surface area contributed by atoms with Crippen molar-refractivity contribution in [2.24, 2.45) is 7.05 Å². The number of imide groups is 1. The zero-order valence-corrected chi connectivity index (χ0v) is 13.0. The largest absolute Gasteiger partial charge is 0.276 e. The first kappa shape index (κ1) is 13.3. The van der Waals surface area contributed by atoms with Crippen molar-refractivity contribution >= 4 is 34.4 Å². The minimum Gasteiger partial charge on any atom is -0.276 e. The van der Waals surface area contributed by atoms with Gasteiger partial charge in [-0.1, -0.05) is 0 Å². The van der Waals surface area contributed by atoms with E-state index in [0.717, 1.165) is 9.13 Å². The molecule has 2 aromatic rings. The molecule has 0 spiro atoms. The van der Waals surface area contributed by atoms with Gasteiger partial charge in [-0.25, -0.2) is 0 Å². The van der Waals surface area contributed by atoms with E-state index in [1.54, 1.807) is 23.0 Å². The molecule has 0 aliphatic carbocycles. The van der Waals surface area contributed by atoms with Crippen molar-refractivity contribution in [3.05, 3.63) is 50.9 Å². The van der Waals surface area contributed by atoms with E-state index in [1.807, 2.05) is 19.3 Å². The first-order chi connectivity index (χ1) is 9.56. The maximum Gasteiger partial charge on any atom is 0.261 e. The van der Waals surface area contributed by atoms with Gasteiger partial charge in [-0.15, -0.1) is 0 Å². The fourth-order valence-electron chi connectivity index (χ4n) is 2.31. The van der Waals surface area contributed by atoms with Crippen LogP contribution in [0.3, 0.4) is 0 Å². The summed E-state index contributed by atoms with van der Waals surface area (Å²) in [5.74, 6) is -0.405. The molecule has 1 aliphatic heterocycles. The molecule has 5 nitrogen and oxygen atoms in total. The number of rotatable bonds is 3. The molecule has 0 unspecified atom stereocenters. The number of hydrogen-bond acceptors (Lipinski definition) is 3. The summed E-state index contributed by atoms with van der Waals surface area (Å²) in [6.45, 7) is 0.384. The Morgan fingerprint density at radius 2 is 1.95 bits per heavy atom. The minimum absolute atomic E-state index is 0.201. The fraction of sp³-hybridized carbons (Fsp3) is 0.214. The first-order valence-corrected chi connectivity index (χ1v) is 7.27. The third-order valence-electron chi connectivity index (χ3n) is 3.32. The Labute approximate surface area is 129 Å². The van der Waals surface area contributed by atoms with Gasteiger partial charge in [0.25, 0.3) is 11.8 Å². The molecule has 0 bridgehead atoms. The number of carbonyl (C=O) groups excluding carboxylic acids is 2. The quantitative estimate of drug-likeness (QED) is 0.603. The summed E-state index contributed by atoms with van der Waals surface area (Å²) in [6.07, 6.45) is 4.26. The van der Waals surface area contributed by atoms with Crippen molar-refractivity contribution in [2.45, 2.75) is 6.42 Å². The molecule has 1 aliphatic rings. The zero-order valence-electron chi connectivity index (χ0n) is 10.8. The predicted molar refractivity (Wildman–Crippen MR) is 81.4 cm³/mol. The van der Waals surface area contributed by atoms with Crippen molar-refractivity contribution in [2.75, 3.05) is 6.54 Å². The molecule has 0 saturated heterocycles. The average molecular weight is 381 g/mol. The third-order valence-corrected chi connectivity index (χ3v) is 3.99. The predicted octanol–water partition coefficient (Wildman–Crippen LogP) is 1.86. The Morgan fingerprint density at radius 3 is 2.65 bits per heavy atom. The number of halogens is 1. The second-order valence-corrected chi connectivity index (χ2v) is 5.97. The van der Waals surface area contributed by atoms with E-state index in [4.69, 9.17) is 0 Å². The molecule has 2 amide bonds. The Kier molecular flexibility index (Phi) is 3.33. The lowest BCUT2D eigenvalue weighted by molar-refractivity contribution is 0.0656. The molecular weight excluding hydrogens is 369 g/mol. The monoisotopic (exact) mass is 381 g/mol. The number of hydrogen-bond donors (Lipinski definition) is 0. The molecule has 2 heterocycles. The Hall–Kier alpha value is -1.70. The SMILES string of the molecule is Cn1cc(CCN2C(=O)c3ccc(I)cc3C2=O)cn1. The van der Waals surface area contributed by atoms with E-state index in [-0.39, 0.29) is 11.8 Å². The molecule has 0 N–H and O–H groups in total. The van der Waals surface area contributed by atoms with Crippen LogP contribution in [0, 0.1) is 3.57 Å². The molecule has 0 atom stereocenters. The maximum absolute atomic E-state index is 12.3. The highest BCUT2D eigenvalue weighted by Crippen LogP contribution is 2.24. The van der Waals surface area contributed by atoms with Gasteiger partial charge in [-0.05, 0) is 52.8 Å². The highest BCUT2D eigenvalue weighted by Gasteiger charge is 2.35. The van der Waals surface area contributed by atoms with Crippen LogP contribution < -0.4 is 0 Å². The van der Waals surface area contributed by atoms with Gasteiger partial charge < -0.3 is 0 Å². The van der Waals surface area contributed by atoms with Crippen LogP contribution in [0.25, 0.3) is 0 Å². The molecule has 1 aromatic carbocycles. The van der Waals surface area contributed by atoms with Crippen LogP contribution in [0.2, 0.25) is 0 Å². The number of benzene rings is 1. The highest BCUT2D eigenvalue weighted by atomic mass is 127. The van der Waals surface area contributed by atoms with Gasteiger partial charge in [-0.2, -0.15) is 5.10 Å². The van der Waals surface area contributed by atoms with Crippen LogP contribution in [-0.2, 0) is 13.5 Å². The Balaban J connectivity index is 1.79. The van der Waals surface area contributed by atoms with Crippen LogP contribution in [0.15, 0.2) is 30.6 Å². The molecular formula is C14H12IN3O2. The molecule has 1 aromatic heterocycles. The molecule has 102 valence electrons. The molecule has 0 fully saturated rings. The second kappa shape index (κ2) is 5.01. The fourth-order valence-corrected chi connectivity index (χ4v) is 2.80. The summed E-state index contributed by atoms with van der Waals surface area (Å²) in [7, 11) is 1.84. The number of aromatic nitrogens is 2. The van der Waals surface area contributed by atoms with E-state index in [1.165, 1.54) is 4.90 Å². The van der Waals surface area contributed by atoms with Crippen molar-refractivity contribution in [1.82, 2.24) is 14.7 Å². The van der Waals surface area contributed by atoms with E-state index >= 15 is 0 Å². The smallest absolute Gasteiger partial charge is 0.261 e. The van der Waals surface area contributed by atoms with Crippen molar-refractivity contribution in [3.8, 4) is 0 Å². The number of fused-ring (bicyclic) bond motifs is 1. The third kappa shape index (κ3) is 2.24. The molecule has 0 saturated carbocycles. The minimum atomic E-state index is -0.203. The maximum atomic E-state index is 12.3. The lowest BCUT2D eigenvalue weighted by atomic mass is 10.1. The van der Waals surface area contributed by atoms with E-state index < -0.39 is 0 Å². The molecule has 6 heteroatoms. The summed E-state index contributed by atoms with van der Waals surface area (Å²) >= 11 is 2.14. The van der Waals surface area contributed by atoms with E-state index in [2.05, 4.69) is 27.7 Å². The zero-order chi connectivity index (χ0) is 14.3. The summed E-state index contributed by atoms with van der Waals surface area (Å²) in [5.41, 5.74) is 2.02.